The van der Waals surface area contributed by atoms with Gasteiger partial charge in [-0.15, -0.1) is 0 Å². The number of hydrogen-bond donors (Lipinski definition) is 1. The highest BCUT2D eigenvalue weighted by Gasteiger charge is 2.10. The number of anilines is 1. The van der Waals surface area contributed by atoms with Crippen LogP contribution in [0.4, 0.5) is 11.4 Å². The number of unbranched alkanes of at least 4 members (excludes halogenated alkanes) is 3. The molecule has 0 aliphatic heterocycles. The van der Waals surface area contributed by atoms with Crippen molar-refractivity contribution in [3.63, 3.8) is 0 Å². The van der Waals surface area contributed by atoms with Crippen molar-refractivity contribution in [2.24, 2.45) is 0 Å². The summed E-state index contributed by atoms with van der Waals surface area (Å²) in [4.78, 5) is 10.3. The Morgan fingerprint density at radius 1 is 1.35 bits per heavy atom. The third-order valence-corrected chi connectivity index (χ3v) is 3.32. The second kappa shape index (κ2) is 8.53. The van der Waals surface area contributed by atoms with Crippen LogP contribution in [0.5, 0.6) is 0 Å². The third kappa shape index (κ3) is 5.57. The van der Waals surface area contributed by atoms with E-state index < -0.39 is 4.92 Å². The van der Waals surface area contributed by atoms with Gasteiger partial charge in [-0.25, -0.2) is 0 Å². The van der Waals surface area contributed by atoms with E-state index in [0.717, 1.165) is 12.8 Å². The minimum atomic E-state index is -0.420. The highest BCUT2D eigenvalue weighted by Crippen LogP contribution is 2.21. The fourth-order valence-electron chi connectivity index (χ4n) is 2.00. The van der Waals surface area contributed by atoms with Crippen LogP contribution >= 0.6 is 0 Å². The van der Waals surface area contributed by atoms with Gasteiger partial charge in [0.1, 0.15) is 0 Å². The molecular formula is C15H24N2O3. The van der Waals surface area contributed by atoms with Crippen LogP contribution in [-0.2, 0) is 11.3 Å². The third-order valence-electron chi connectivity index (χ3n) is 3.32. The fourth-order valence-corrected chi connectivity index (χ4v) is 2.00. The minimum absolute atomic E-state index is 0.0494. The summed E-state index contributed by atoms with van der Waals surface area (Å²) in [6.45, 7) is 4.53. The van der Waals surface area contributed by atoms with Gasteiger partial charge < -0.3 is 10.5 Å². The lowest BCUT2D eigenvalue weighted by atomic mass is 10.1. The van der Waals surface area contributed by atoms with Crippen molar-refractivity contribution in [3.8, 4) is 0 Å². The summed E-state index contributed by atoms with van der Waals surface area (Å²) >= 11 is 0. The second-order valence-electron chi connectivity index (χ2n) is 5.11. The molecule has 1 aromatic carbocycles. The lowest BCUT2D eigenvalue weighted by Gasteiger charge is -2.14. The first-order valence-electron chi connectivity index (χ1n) is 7.19. The summed E-state index contributed by atoms with van der Waals surface area (Å²) < 4.78 is 5.72. The van der Waals surface area contributed by atoms with Crippen molar-refractivity contribution < 1.29 is 9.66 Å². The Morgan fingerprint density at radius 2 is 2.10 bits per heavy atom. The molecule has 1 atom stereocenters. The van der Waals surface area contributed by atoms with Crippen LogP contribution in [0.2, 0.25) is 0 Å². The smallest absolute Gasteiger partial charge is 0.269 e. The highest BCUT2D eigenvalue weighted by atomic mass is 16.6. The average Bonchev–Trinajstić information content (AvgIpc) is 2.42. The van der Waals surface area contributed by atoms with Crippen molar-refractivity contribution in [2.75, 3.05) is 5.73 Å². The average molecular weight is 280 g/mol. The molecule has 5 nitrogen and oxygen atoms in total. The Morgan fingerprint density at radius 3 is 2.75 bits per heavy atom. The van der Waals surface area contributed by atoms with E-state index in [1.165, 1.54) is 31.4 Å². The molecule has 0 aliphatic rings. The molecule has 112 valence electrons. The zero-order chi connectivity index (χ0) is 15.0. The van der Waals surface area contributed by atoms with Gasteiger partial charge in [0.25, 0.3) is 5.69 Å². The summed E-state index contributed by atoms with van der Waals surface area (Å²) in [5, 5.41) is 10.7. The normalized spacial score (nSPS) is 12.3. The van der Waals surface area contributed by atoms with Gasteiger partial charge in [0.2, 0.25) is 0 Å². The molecule has 0 spiro atoms. The molecule has 1 unspecified atom stereocenters. The van der Waals surface area contributed by atoms with E-state index >= 15 is 0 Å². The van der Waals surface area contributed by atoms with Gasteiger partial charge in [0.15, 0.2) is 0 Å². The van der Waals surface area contributed by atoms with Crippen molar-refractivity contribution in [1.82, 2.24) is 0 Å². The first kappa shape index (κ1) is 16.4. The topological polar surface area (TPSA) is 78.4 Å². The molecule has 0 bridgehead atoms. The number of nitrogen functional groups attached to an aromatic ring is 1. The number of ether oxygens (including phenoxy) is 1. The van der Waals surface area contributed by atoms with E-state index in [1.54, 1.807) is 6.07 Å². The van der Waals surface area contributed by atoms with E-state index in [1.807, 2.05) is 6.92 Å². The fraction of sp³-hybridized carbons (Fsp3) is 0.600. The van der Waals surface area contributed by atoms with Gasteiger partial charge in [-0.05, 0) is 19.4 Å². The van der Waals surface area contributed by atoms with Crippen molar-refractivity contribution in [3.05, 3.63) is 33.9 Å². The summed E-state index contributed by atoms with van der Waals surface area (Å²) in [5.74, 6) is 0. The van der Waals surface area contributed by atoms with Crippen molar-refractivity contribution >= 4 is 11.4 Å². The van der Waals surface area contributed by atoms with E-state index in [9.17, 15) is 10.1 Å². The lowest BCUT2D eigenvalue weighted by Crippen LogP contribution is -2.09. The van der Waals surface area contributed by atoms with Gasteiger partial charge in [-0.1, -0.05) is 32.6 Å². The molecule has 20 heavy (non-hydrogen) atoms. The minimum Gasteiger partial charge on any atom is -0.398 e. The van der Waals surface area contributed by atoms with Crippen LogP contribution < -0.4 is 5.73 Å². The molecule has 0 aliphatic carbocycles. The molecule has 0 fully saturated rings. The van der Waals surface area contributed by atoms with Gasteiger partial charge >= 0.3 is 0 Å². The molecule has 0 saturated carbocycles. The molecule has 0 heterocycles. The maximum absolute atomic E-state index is 10.7. The summed E-state index contributed by atoms with van der Waals surface area (Å²) in [5.41, 5.74) is 7.08. The Balaban J connectivity index is 2.44. The largest absolute Gasteiger partial charge is 0.398 e. The number of nitro groups is 1. The van der Waals surface area contributed by atoms with E-state index in [-0.39, 0.29) is 11.8 Å². The Labute approximate surface area is 120 Å². The second-order valence-corrected chi connectivity index (χ2v) is 5.11. The van der Waals surface area contributed by atoms with E-state index in [4.69, 9.17) is 10.5 Å². The first-order chi connectivity index (χ1) is 9.54. The monoisotopic (exact) mass is 280 g/mol. The number of nitro benzene ring substituents is 1. The standard InChI is InChI=1S/C15H24N2O3/c1-3-4-5-6-7-12(2)20-11-13-10-14(17(18)19)8-9-15(13)16/h8-10,12H,3-7,11,16H2,1-2H3. The number of benzene rings is 1. The van der Waals surface area contributed by atoms with Gasteiger partial charge in [-0.2, -0.15) is 0 Å². The van der Waals surface area contributed by atoms with E-state index in [2.05, 4.69) is 6.92 Å². The van der Waals surface area contributed by atoms with Crippen LogP contribution in [0.25, 0.3) is 0 Å². The molecule has 1 aromatic rings. The maximum atomic E-state index is 10.7. The molecular weight excluding hydrogens is 256 g/mol. The molecule has 0 saturated heterocycles. The molecule has 0 aromatic heterocycles. The number of rotatable bonds is 9. The summed E-state index contributed by atoms with van der Waals surface area (Å²) in [7, 11) is 0. The van der Waals surface area contributed by atoms with Crippen LogP contribution in [0, 0.1) is 10.1 Å². The maximum Gasteiger partial charge on any atom is 0.269 e. The van der Waals surface area contributed by atoms with Crippen LogP contribution in [0.15, 0.2) is 18.2 Å². The molecule has 5 heteroatoms. The predicted octanol–water partition coefficient (Wildman–Crippen LogP) is 4.05. The van der Waals surface area contributed by atoms with Crippen LogP contribution in [-0.4, -0.2) is 11.0 Å². The number of nitrogens with two attached hydrogens (primary N) is 1. The number of non-ortho nitro benzene ring substituents is 1. The van der Waals surface area contributed by atoms with Crippen LogP contribution in [0.3, 0.4) is 0 Å². The zero-order valence-corrected chi connectivity index (χ0v) is 12.3. The van der Waals surface area contributed by atoms with Crippen molar-refractivity contribution in [2.45, 2.75) is 58.7 Å². The van der Waals surface area contributed by atoms with E-state index in [0.29, 0.717) is 17.9 Å². The Kier molecular flexibility index (Phi) is 7.01. The Bertz CT molecular complexity index is 435. The van der Waals surface area contributed by atoms with Crippen LogP contribution in [0.1, 0.15) is 51.5 Å². The quantitative estimate of drug-likeness (QED) is 0.320. The zero-order valence-electron chi connectivity index (χ0n) is 12.3. The van der Waals surface area contributed by atoms with Crippen molar-refractivity contribution in [1.29, 1.82) is 0 Å². The number of hydrogen-bond acceptors (Lipinski definition) is 4. The first-order valence-corrected chi connectivity index (χ1v) is 7.19. The summed E-state index contributed by atoms with van der Waals surface area (Å²) in [6, 6.07) is 4.45. The SMILES string of the molecule is CCCCCCC(C)OCc1cc([N+](=O)[O-])ccc1N. The molecule has 0 amide bonds. The lowest BCUT2D eigenvalue weighted by molar-refractivity contribution is -0.384. The highest BCUT2D eigenvalue weighted by molar-refractivity contribution is 5.52. The molecule has 1 rings (SSSR count). The Hall–Kier alpha value is -1.62. The molecule has 2 N–H and O–H groups in total. The number of nitrogens with zero attached hydrogens (tertiary/aromatic N) is 1. The predicted molar refractivity (Wildman–Crippen MR) is 80.5 cm³/mol. The van der Waals surface area contributed by atoms with Gasteiger partial charge in [0, 0.05) is 23.4 Å². The summed E-state index contributed by atoms with van der Waals surface area (Å²) in [6.07, 6.45) is 6.01. The molecule has 0 radical (unpaired) electrons. The van der Waals surface area contributed by atoms with Gasteiger partial charge in [-0.3, -0.25) is 10.1 Å². The van der Waals surface area contributed by atoms with Gasteiger partial charge in [0.05, 0.1) is 17.6 Å².